The highest BCUT2D eigenvalue weighted by Gasteiger charge is 2.35. The number of benzene rings is 1. The smallest absolute Gasteiger partial charge is 0.232 e. The number of nitrogens with zero attached hydrogens (tertiary/aromatic N) is 1. The van der Waals surface area contributed by atoms with E-state index in [9.17, 15) is 9.18 Å². The number of anilines is 1. The Kier molecular flexibility index (Phi) is 4.58. The second kappa shape index (κ2) is 6.64. The van der Waals surface area contributed by atoms with Gasteiger partial charge in [0.25, 0.3) is 0 Å². The van der Waals surface area contributed by atoms with Gasteiger partial charge in [0, 0.05) is 13.2 Å². The molecule has 0 radical (unpaired) electrons. The number of carbonyl (C=O) groups is 1. The number of nitrogens with one attached hydrogen (secondary N) is 1. The van der Waals surface area contributed by atoms with Crippen molar-refractivity contribution >= 4 is 22.4 Å². The molecular formula is C16H17FN2O3S. The summed E-state index contributed by atoms with van der Waals surface area (Å²) in [6.45, 7) is 3.13. The van der Waals surface area contributed by atoms with Crippen molar-refractivity contribution in [3.8, 4) is 10.8 Å². The van der Waals surface area contributed by atoms with Gasteiger partial charge in [-0.3, -0.25) is 4.79 Å². The summed E-state index contributed by atoms with van der Waals surface area (Å²) >= 11 is 1.23. The number of amides is 1. The lowest BCUT2D eigenvalue weighted by molar-refractivity contribution is -0.129. The molecule has 1 amide bonds. The van der Waals surface area contributed by atoms with Crippen LogP contribution in [0.2, 0.25) is 0 Å². The van der Waals surface area contributed by atoms with Crippen molar-refractivity contribution in [1.82, 2.24) is 4.98 Å². The Bertz CT molecular complexity index is 681. The third-order valence-electron chi connectivity index (χ3n) is 3.88. The Morgan fingerprint density at radius 2 is 2.04 bits per heavy atom. The molecule has 5 nitrogen and oxygen atoms in total. The summed E-state index contributed by atoms with van der Waals surface area (Å²) < 4.78 is 23.8. The summed E-state index contributed by atoms with van der Waals surface area (Å²) in [5.41, 5.74) is -0.429. The SMILES string of the molecule is CC1(C(=O)Nc2ncc(Oc3ccc(F)cc3)s2)CCOCC1. The molecular weight excluding hydrogens is 319 g/mol. The zero-order valence-electron chi connectivity index (χ0n) is 12.7. The van der Waals surface area contributed by atoms with Crippen LogP contribution in [-0.2, 0) is 9.53 Å². The first kappa shape index (κ1) is 15.9. The molecule has 1 saturated heterocycles. The number of carbonyl (C=O) groups excluding carboxylic acids is 1. The predicted octanol–water partition coefficient (Wildman–Crippen LogP) is 3.83. The molecule has 1 N–H and O–H groups in total. The van der Waals surface area contributed by atoms with Gasteiger partial charge < -0.3 is 14.8 Å². The Hall–Kier alpha value is -1.99. The average Bonchev–Trinajstić information content (AvgIpc) is 2.97. The van der Waals surface area contributed by atoms with Gasteiger partial charge in [0.15, 0.2) is 5.13 Å². The van der Waals surface area contributed by atoms with Gasteiger partial charge in [0.2, 0.25) is 11.0 Å². The minimum atomic E-state index is -0.429. The van der Waals surface area contributed by atoms with Gasteiger partial charge in [0.1, 0.15) is 11.6 Å². The van der Waals surface area contributed by atoms with Crippen molar-refractivity contribution in [1.29, 1.82) is 0 Å². The van der Waals surface area contributed by atoms with Gasteiger partial charge in [-0.2, -0.15) is 0 Å². The maximum absolute atomic E-state index is 12.9. The average molecular weight is 336 g/mol. The first-order chi connectivity index (χ1) is 11.0. The number of hydrogen-bond donors (Lipinski definition) is 1. The zero-order valence-corrected chi connectivity index (χ0v) is 13.5. The van der Waals surface area contributed by atoms with Crippen LogP contribution in [0.1, 0.15) is 19.8 Å². The van der Waals surface area contributed by atoms with Crippen molar-refractivity contribution in [2.24, 2.45) is 5.41 Å². The summed E-state index contributed by atoms with van der Waals surface area (Å²) in [6.07, 6.45) is 2.93. The van der Waals surface area contributed by atoms with E-state index >= 15 is 0 Å². The second-order valence-electron chi connectivity index (χ2n) is 5.67. The number of hydrogen-bond acceptors (Lipinski definition) is 5. The summed E-state index contributed by atoms with van der Waals surface area (Å²) in [4.78, 5) is 16.6. The Labute approximate surface area is 137 Å². The molecule has 1 aromatic heterocycles. The minimum Gasteiger partial charge on any atom is -0.445 e. The Morgan fingerprint density at radius 1 is 1.35 bits per heavy atom. The lowest BCUT2D eigenvalue weighted by Crippen LogP contribution is -2.38. The monoisotopic (exact) mass is 336 g/mol. The van der Waals surface area contributed by atoms with Gasteiger partial charge in [-0.1, -0.05) is 18.3 Å². The molecule has 0 saturated carbocycles. The standard InChI is InChI=1S/C16H17FN2O3S/c1-16(6-8-21-9-7-16)14(20)19-15-18-10-13(23-15)22-12-4-2-11(17)3-5-12/h2-5,10H,6-9H2,1H3,(H,18,19,20). The van der Waals surface area contributed by atoms with Crippen molar-refractivity contribution in [3.05, 3.63) is 36.3 Å². The molecule has 2 aromatic rings. The second-order valence-corrected chi connectivity index (χ2v) is 6.66. The largest absolute Gasteiger partial charge is 0.445 e. The Balaban J connectivity index is 1.62. The van der Waals surface area contributed by atoms with E-state index in [0.717, 1.165) is 0 Å². The zero-order chi connectivity index (χ0) is 16.3. The maximum Gasteiger partial charge on any atom is 0.232 e. The number of thiazole rings is 1. The lowest BCUT2D eigenvalue weighted by atomic mass is 9.81. The van der Waals surface area contributed by atoms with Crippen LogP contribution in [0, 0.1) is 11.2 Å². The van der Waals surface area contributed by atoms with E-state index in [2.05, 4.69) is 10.3 Å². The molecule has 0 atom stereocenters. The van der Waals surface area contributed by atoms with E-state index in [0.29, 0.717) is 42.0 Å². The first-order valence-corrected chi connectivity index (χ1v) is 8.15. The fraction of sp³-hybridized carbons (Fsp3) is 0.375. The third-order valence-corrected chi connectivity index (χ3v) is 4.67. The molecule has 23 heavy (non-hydrogen) atoms. The summed E-state index contributed by atoms with van der Waals surface area (Å²) in [6, 6.07) is 5.73. The molecule has 0 bridgehead atoms. The number of halogens is 1. The molecule has 2 heterocycles. The molecule has 1 aliphatic heterocycles. The first-order valence-electron chi connectivity index (χ1n) is 7.34. The van der Waals surface area contributed by atoms with Crippen LogP contribution in [0.5, 0.6) is 10.8 Å². The molecule has 0 spiro atoms. The van der Waals surface area contributed by atoms with Crippen LogP contribution >= 0.6 is 11.3 Å². The van der Waals surface area contributed by atoms with E-state index in [-0.39, 0.29) is 11.7 Å². The van der Waals surface area contributed by atoms with Gasteiger partial charge in [-0.25, -0.2) is 9.37 Å². The van der Waals surface area contributed by atoms with E-state index in [1.165, 1.54) is 41.8 Å². The molecule has 1 fully saturated rings. The van der Waals surface area contributed by atoms with Gasteiger partial charge >= 0.3 is 0 Å². The fourth-order valence-electron chi connectivity index (χ4n) is 2.28. The predicted molar refractivity (Wildman–Crippen MR) is 85.4 cm³/mol. The third kappa shape index (κ3) is 3.86. The van der Waals surface area contributed by atoms with Gasteiger partial charge in [0.05, 0.1) is 11.6 Å². The van der Waals surface area contributed by atoms with Gasteiger partial charge in [-0.15, -0.1) is 0 Å². The van der Waals surface area contributed by atoms with E-state index < -0.39 is 5.41 Å². The molecule has 0 aliphatic carbocycles. The number of aromatic nitrogens is 1. The van der Waals surface area contributed by atoms with E-state index in [4.69, 9.17) is 9.47 Å². The van der Waals surface area contributed by atoms with Crippen LogP contribution in [0.15, 0.2) is 30.5 Å². The van der Waals surface area contributed by atoms with Crippen molar-refractivity contribution in [2.75, 3.05) is 18.5 Å². The fourth-order valence-corrected chi connectivity index (χ4v) is 2.96. The van der Waals surface area contributed by atoms with Gasteiger partial charge in [-0.05, 0) is 37.1 Å². The highest BCUT2D eigenvalue weighted by atomic mass is 32.1. The van der Waals surface area contributed by atoms with Crippen LogP contribution in [0.3, 0.4) is 0 Å². The molecule has 122 valence electrons. The van der Waals surface area contributed by atoms with Crippen LogP contribution in [0.25, 0.3) is 0 Å². The summed E-state index contributed by atoms with van der Waals surface area (Å²) in [5, 5.41) is 3.86. The van der Waals surface area contributed by atoms with E-state index in [1.54, 1.807) is 0 Å². The highest BCUT2D eigenvalue weighted by Crippen LogP contribution is 2.34. The quantitative estimate of drug-likeness (QED) is 0.922. The van der Waals surface area contributed by atoms with Crippen LogP contribution in [-0.4, -0.2) is 24.1 Å². The summed E-state index contributed by atoms with van der Waals surface area (Å²) in [7, 11) is 0. The molecule has 0 unspecified atom stereocenters. The molecule has 1 aromatic carbocycles. The highest BCUT2D eigenvalue weighted by molar-refractivity contribution is 7.17. The van der Waals surface area contributed by atoms with Crippen molar-refractivity contribution < 1.29 is 18.7 Å². The van der Waals surface area contributed by atoms with Crippen LogP contribution < -0.4 is 10.1 Å². The normalized spacial score (nSPS) is 16.8. The van der Waals surface area contributed by atoms with Crippen molar-refractivity contribution in [3.63, 3.8) is 0 Å². The maximum atomic E-state index is 12.9. The molecule has 1 aliphatic rings. The molecule has 3 rings (SSSR count). The lowest BCUT2D eigenvalue weighted by Gasteiger charge is -2.31. The van der Waals surface area contributed by atoms with E-state index in [1.807, 2.05) is 6.92 Å². The van der Waals surface area contributed by atoms with Crippen LogP contribution in [0.4, 0.5) is 9.52 Å². The molecule has 7 heteroatoms. The van der Waals surface area contributed by atoms with Crippen molar-refractivity contribution in [2.45, 2.75) is 19.8 Å². The Morgan fingerprint density at radius 3 is 2.74 bits per heavy atom. The number of ether oxygens (including phenoxy) is 2. The number of rotatable bonds is 4. The minimum absolute atomic E-state index is 0.0523. The summed E-state index contributed by atoms with van der Waals surface area (Å²) in [5.74, 6) is 0.145. The topological polar surface area (TPSA) is 60.5 Å².